The predicted octanol–water partition coefficient (Wildman–Crippen LogP) is 4.58. The monoisotopic (exact) mass is 394 g/mol. The maximum atomic E-state index is 14.5. The van der Waals surface area contributed by atoms with E-state index in [1.165, 1.54) is 18.9 Å². The molecule has 2 saturated heterocycles. The van der Waals surface area contributed by atoms with Gasteiger partial charge in [-0.05, 0) is 61.1 Å². The van der Waals surface area contributed by atoms with E-state index in [1.807, 2.05) is 12.1 Å². The molecule has 2 aliphatic rings. The molecular formula is C20H21Cl2FN2O. The average molecular weight is 395 g/mol. The molecule has 0 aliphatic carbocycles. The van der Waals surface area contributed by atoms with Gasteiger partial charge >= 0.3 is 0 Å². The van der Waals surface area contributed by atoms with Crippen LogP contribution in [0.1, 0.15) is 36.0 Å². The first-order valence-electron chi connectivity index (χ1n) is 8.71. The Kier molecular flexibility index (Phi) is 5.86. The lowest BCUT2D eigenvalue weighted by Gasteiger charge is -2.29. The Bertz CT molecular complexity index is 785. The number of nitrogens with one attached hydrogen (secondary N) is 2. The highest BCUT2D eigenvalue weighted by molar-refractivity contribution is 6.30. The van der Waals surface area contributed by atoms with Crippen LogP contribution in [0.3, 0.4) is 0 Å². The quantitative estimate of drug-likeness (QED) is 0.799. The molecule has 0 spiro atoms. The summed E-state index contributed by atoms with van der Waals surface area (Å²) in [6, 6.07) is 13.0. The van der Waals surface area contributed by atoms with Crippen LogP contribution < -0.4 is 10.6 Å². The van der Waals surface area contributed by atoms with Crippen molar-refractivity contribution in [3.63, 3.8) is 0 Å². The number of halogens is 3. The topological polar surface area (TPSA) is 41.1 Å². The summed E-state index contributed by atoms with van der Waals surface area (Å²) in [5.74, 6) is -0.826. The molecule has 0 aromatic heterocycles. The molecule has 6 heteroatoms. The molecule has 2 heterocycles. The van der Waals surface area contributed by atoms with Crippen LogP contribution in [-0.2, 0) is 0 Å². The number of hydrogen-bond donors (Lipinski definition) is 2. The SMILES string of the molecule is Cl.O=C(NC1CC2CCC(C1)N2)c1ccc(-c2ccc(Cl)cc2)cc1F. The lowest BCUT2D eigenvalue weighted by molar-refractivity contribution is 0.0920. The summed E-state index contributed by atoms with van der Waals surface area (Å²) < 4.78 is 14.5. The van der Waals surface area contributed by atoms with E-state index in [4.69, 9.17) is 11.6 Å². The number of piperidine rings is 1. The molecule has 2 fully saturated rings. The van der Waals surface area contributed by atoms with Crippen LogP contribution in [0.4, 0.5) is 4.39 Å². The van der Waals surface area contributed by atoms with Gasteiger partial charge in [0.15, 0.2) is 0 Å². The standard InChI is InChI=1S/C20H20ClFN2O.ClH/c21-14-4-1-12(2-5-14)13-3-8-18(19(22)9-13)20(25)24-17-10-15-6-7-16(11-17)23-15;/h1-5,8-9,15-17,23H,6-7,10-11H2,(H,24,25);1H. The van der Waals surface area contributed by atoms with Gasteiger partial charge in [0.25, 0.3) is 5.91 Å². The van der Waals surface area contributed by atoms with E-state index in [0.717, 1.165) is 24.0 Å². The molecule has 2 bridgehead atoms. The number of hydrogen-bond acceptors (Lipinski definition) is 2. The van der Waals surface area contributed by atoms with Crippen molar-refractivity contribution in [3.05, 3.63) is 58.9 Å². The first-order chi connectivity index (χ1) is 12.1. The lowest BCUT2D eigenvalue weighted by Crippen LogP contribution is -2.48. The molecular weight excluding hydrogens is 374 g/mol. The Morgan fingerprint density at radius 3 is 2.27 bits per heavy atom. The van der Waals surface area contributed by atoms with Crippen molar-refractivity contribution in [1.29, 1.82) is 0 Å². The van der Waals surface area contributed by atoms with Gasteiger partial charge in [0.05, 0.1) is 5.56 Å². The summed E-state index contributed by atoms with van der Waals surface area (Å²) in [6.07, 6.45) is 4.18. The molecule has 2 aliphatic heterocycles. The first-order valence-corrected chi connectivity index (χ1v) is 9.08. The second-order valence-corrected chi connectivity index (χ2v) is 7.42. The van der Waals surface area contributed by atoms with Gasteiger partial charge in [-0.2, -0.15) is 0 Å². The fourth-order valence-electron chi connectivity index (χ4n) is 3.96. The molecule has 0 radical (unpaired) electrons. The molecule has 2 aromatic rings. The number of carbonyl (C=O) groups is 1. The summed E-state index contributed by atoms with van der Waals surface area (Å²) in [4.78, 5) is 12.5. The largest absolute Gasteiger partial charge is 0.349 e. The number of fused-ring (bicyclic) bond motifs is 2. The maximum Gasteiger partial charge on any atom is 0.254 e. The van der Waals surface area contributed by atoms with E-state index >= 15 is 0 Å². The predicted molar refractivity (Wildman–Crippen MR) is 105 cm³/mol. The van der Waals surface area contributed by atoms with E-state index in [1.54, 1.807) is 24.3 Å². The van der Waals surface area contributed by atoms with Gasteiger partial charge in [-0.15, -0.1) is 12.4 Å². The summed E-state index contributed by atoms with van der Waals surface area (Å²) in [7, 11) is 0. The molecule has 0 saturated carbocycles. The van der Waals surface area contributed by atoms with Gasteiger partial charge in [-0.25, -0.2) is 4.39 Å². The van der Waals surface area contributed by atoms with E-state index in [2.05, 4.69) is 10.6 Å². The molecule has 2 unspecified atom stereocenters. The van der Waals surface area contributed by atoms with Crippen molar-refractivity contribution < 1.29 is 9.18 Å². The minimum atomic E-state index is -0.498. The average Bonchev–Trinajstić information content (AvgIpc) is 2.94. The second-order valence-electron chi connectivity index (χ2n) is 6.98. The summed E-state index contributed by atoms with van der Waals surface area (Å²) in [5.41, 5.74) is 1.69. The molecule has 2 atom stereocenters. The first kappa shape index (κ1) is 19.2. The Balaban J connectivity index is 0.00000196. The third kappa shape index (κ3) is 4.03. The fourth-order valence-corrected chi connectivity index (χ4v) is 4.09. The van der Waals surface area contributed by atoms with Crippen LogP contribution in [0.15, 0.2) is 42.5 Å². The fraction of sp³-hybridized carbons (Fsp3) is 0.350. The van der Waals surface area contributed by atoms with E-state index in [-0.39, 0.29) is 29.9 Å². The molecule has 138 valence electrons. The highest BCUT2D eigenvalue weighted by Crippen LogP contribution is 2.27. The molecule has 1 amide bonds. The number of amides is 1. The van der Waals surface area contributed by atoms with Crippen molar-refractivity contribution in [2.75, 3.05) is 0 Å². The molecule has 2 N–H and O–H groups in total. The minimum Gasteiger partial charge on any atom is -0.349 e. The summed E-state index contributed by atoms with van der Waals surface area (Å²) in [6.45, 7) is 0. The summed E-state index contributed by atoms with van der Waals surface area (Å²) >= 11 is 5.88. The molecule has 2 aromatic carbocycles. The smallest absolute Gasteiger partial charge is 0.254 e. The second kappa shape index (κ2) is 7.95. The van der Waals surface area contributed by atoms with Gasteiger partial charge in [-0.3, -0.25) is 4.79 Å². The van der Waals surface area contributed by atoms with Crippen LogP contribution in [0.5, 0.6) is 0 Å². The minimum absolute atomic E-state index is 0. The van der Waals surface area contributed by atoms with Crippen molar-refractivity contribution in [2.24, 2.45) is 0 Å². The molecule has 26 heavy (non-hydrogen) atoms. The van der Waals surface area contributed by atoms with Crippen molar-refractivity contribution in [3.8, 4) is 11.1 Å². The third-order valence-electron chi connectivity index (χ3n) is 5.20. The van der Waals surface area contributed by atoms with Crippen molar-refractivity contribution in [1.82, 2.24) is 10.6 Å². The van der Waals surface area contributed by atoms with Gasteiger partial charge in [-0.1, -0.05) is 29.8 Å². The van der Waals surface area contributed by atoms with Gasteiger partial charge in [0.2, 0.25) is 0 Å². The van der Waals surface area contributed by atoms with Crippen molar-refractivity contribution in [2.45, 2.75) is 43.8 Å². The van der Waals surface area contributed by atoms with Crippen LogP contribution >= 0.6 is 24.0 Å². The van der Waals surface area contributed by atoms with Crippen LogP contribution in [-0.4, -0.2) is 24.0 Å². The third-order valence-corrected chi connectivity index (χ3v) is 5.45. The Labute approximate surface area is 163 Å². The van der Waals surface area contributed by atoms with Gasteiger partial charge in [0, 0.05) is 23.1 Å². The maximum absolute atomic E-state index is 14.5. The van der Waals surface area contributed by atoms with Crippen LogP contribution in [0.25, 0.3) is 11.1 Å². The Morgan fingerprint density at radius 1 is 1.04 bits per heavy atom. The van der Waals surface area contributed by atoms with E-state index in [0.29, 0.717) is 17.1 Å². The number of benzene rings is 2. The van der Waals surface area contributed by atoms with E-state index < -0.39 is 5.82 Å². The normalized spacial score (nSPS) is 24.0. The lowest BCUT2D eigenvalue weighted by atomic mass is 9.99. The highest BCUT2D eigenvalue weighted by Gasteiger charge is 2.34. The highest BCUT2D eigenvalue weighted by atomic mass is 35.5. The van der Waals surface area contributed by atoms with E-state index in [9.17, 15) is 9.18 Å². The van der Waals surface area contributed by atoms with Crippen LogP contribution in [0.2, 0.25) is 5.02 Å². The number of rotatable bonds is 3. The molecule has 3 nitrogen and oxygen atoms in total. The van der Waals surface area contributed by atoms with Gasteiger partial charge in [0.1, 0.15) is 5.82 Å². The summed E-state index contributed by atoms with van der Waals surface area (Å²) in [5, 5.41) is 7.18. The van der Waals surface area contributed by atoms with Crippen LogP contribution in [0, 0.1) is 5.82 Å². The van der Waals surface area contributed by atoms with Gasteiger partial charge < -0.3 is 10.6 Å². The van der Waals surface area contributed by atoms with Crippen molar-refractivity contribution >= 4 is 29.9 Å². The molecule has 4 rings (SSSR count). The Morgan fingerprint density at radius 2 is 1.65 bits per heavy atom. The zero-order valence-electron chi connectivity index (χ0n) is 14.2. The zero-order chi connectivity index (χ0) is 17.4. The Hall–Kier alpha value is -1.62. The number of carbonyl (C=O) groups excluding carboxylic acids is 1. The zero-order valence-corrected chi connectivity index (χ0v) is 15.7.